The van der Waals surface area contributed by atoms with Crippen LogP contribution in [0.4, 0.5) is 5.69 Å². The molecular formula is C35H49N3O5S. The summed E-state index contributed by atoms with van der Waals surface area (Å²) >= 11 is 1.69. The summed E-state index contributed by atoms with van der Waals surface area (Å²) in [7, 11) is 0. The van der Waals surface area contributed by atoms with E-state index in [9.17, 15) is 19.5 Å². The predicted octanol–water partition coefficient (Wildman–Crippen LogP) is 5.06. The highest BCUT2D eigenvalue weighted by atomic mass is 32.2. The molecule has 1 saturated carbocycles. The molecule has 3 heterocycles. The highest BCUT2D eigenvalue weighted by Crippen LogP contribution is 2.69. The Morgan fingerprint density at radius 3 is 2.39 bits per heavy atom. The van der Waals surface area contributed by atoms with Crippen molar-refractivity contribution in [3.05, 3.63) is 49.6 Å². The summed E-state index contributed by atoms with van der Waals surface area (Å²) in [5.74, 6) is -0.770. The number of rotatable bonds is 13. The molecule has 3 aliphatic heterocycles. The lowest BCUT2D eigenvalue weighted by Crippen LogP contribution is -2.60. The van der Waals surface area contributed by atoms with E-state index in [2.05, 4.69) is 20.1 Å². The van der Waals surface area contributed by atoms with Gasteiger partial charge in [0, 0.05) is 30.1 Å². The number of thioether (sulfide) groups is 1. The lowest BCUT2D eigenvalue weighted by molar-refractivity contribution is -0.147. The molecule has 5 rings (SSSR count). The molecule has 8 nitrogen and oxygen atoms in total. The van der Waals surface area contributed by atoms with Crippen molar-refractivity contribution in [2.45, 2.75) is 93.8 Å². The van der Waals surface area contributed by atoms with E-state index in [1.54, 1.807) is 33.7 Å². The molecule has 1 N–H and O–H groups in total. The zero-order chi connectivity index (χ0) is 31.6. The van der Waals surface area contributed by atoms with Crippen LogP contribution in [-0.4, -0.2) is 87.1 Å². The molecule has 240 valence electrons. The largest absolute Gasteiger partial charge is 0.494 e. The monoisotopic (exact) mass is 623 g/mol. The molecule has 44 heavy (non-hydrogen) atoms. The SMILES string of the molecule is C=CCN(C(=O)[C@@H]1[C@H]2C(=O)N([C@@H](CC)CO)C(C(=O)N(CC=C)C3CCCCC3)C23S[C@@H]1CC3C)c1ccc(OCC)cc1. The molecule has 1 spiro atoms. The number of aliphatic hydroxyl groups is 1. The number of aliphatic hydroxyl groups excluding tert-OH is 1. The van der Waals surface area contributed by atoms with Gasteiger partial charge in [0.1, 0.15) is 11.8 Å². The molecule has 4 fully saturated rings. The van der Waals surface area contributed by atoms with Gasteiger partial charge in [0.2, 0.25) is 17.7 Å². The third-order valence-corrected chi connectivity index (χ3v) is 12.5. The number of hydrogen-bond donors (Lipinski definition) is 1. The maximum Gasteiger partial charge on any atom is 0.247 e. The number of anilines is 1. The van der Waals surface area contributed by atoms with Gasteiger partial charge in [0.25, 0.3) is 0 Å². The molecule has 7 atom stereocenters. The fourth-order valence-corrected chi connectivity index (χ4v) is 10.9. The fourth-order valence-electron chi connectivity index (χ4n) is 8.46. The quantitative estimate of drug-likeness (QED) is 0.309. The number of carbonyl (C=O) groups is 3. The number of ether oxygens (including phenoxy) is 1. The summed E-state index contributed by atoms with van der Waals surface area (Å²) in [6, 6.07) is 6.32. The van der Waals surface area contributed by atoms with Crippen LogP contribution in [0.3, 0.4) is 0 Å². The first kappa shape index (κ1) is 32.6. The van der Waals surface area contributed by atoms with Crippen molar-refractivity contribution in [1.82, 2.24) is 9.80 Å². The Kier molecular flexibility index (Phi) is 10.1. The number of carbonyl (C=O) groups excluding carboxylic acids is 3. The van der Waals surface area contributed by atoms with Crippen molar-refractivity contribution in [2.75, 3.05) is 31.2 Å². The van der Waals surface area contributed by atoms with Gasteiger partial charge in [0.05, 0.1) is 35.8 Å². The Bertz CT molecular complexity index is 1230. The van der Waals surface area contributed by atoms with E-state index >= 15 is 0 Å². The van der Waals surface area contributed by atoms with Crippen LogP contribution in [0.15, 0.2) is 49.6 Å². The molecule has 9 heteroatoms. The number of likely N-dealkylation sites (tertiary alicyclic amines) is 1. The van der Waals surface area contributed by atoms with E-state index in [0.29, 0.717) is 26.1 Å². The highest BCUT2D eigenvalue weighted by molar-refractivity contribution is 8.02. The molecule has 0 aromatic heterocycles. The Labute approximate surface area is 266 Å². The Morgan fingerprint density at radius 1 is 1.11 bits per heavy atom. The molecule has 1 aromatic carbocycles. The normalized spacial score (nSPS) is 30.1. The zero-order valence-electron chi connectivity index (χ0n) is 26.5. The summed E-state index contributed by atoms with van der Waals surface area (Å²) in [5.41, 5.74) is 0.722. The zero-order valence-corrected chi connectivity index (χ0v) is 27.3. The number of benzene rings is 1. The van der Waals surface area contributed by atoms with E-state index in [0.717, 1.165) is 43.5 Å². The number of fused-ring (bicyclic) bond motifs is 1. The van der Waals surface area contributed by atoms with E-state index in [1.165, 1.54) is 6.42 Å². The maximum absolute atomic E-state index is 14.9. The first-order valence-corrected chi connectivity index (χ1v) is 17.3. The van der Waals surface area contributed by atoms with Gasteiger partial charge in [-0.2, -0.15) is 0 Å². The Hall–Kier alpha value is -2.78. The molecule has 3 saturated heterocycles. The number of nitrogens with zero attached hydrogens (tertiary/aromatic N) is 3. The van der Waals surface area contributed by atoms with E-state index < -0.39 is 28.7 Å². The molecule has 0 radical (unpaired) electrons. The first-order chi connectivity index (χ1) is 21.3. The average molecular weight is 624 g/mol. The van der Waals surface area contributed by atoms with Gasteiger partial charge in [-0.25, -0.2) is 0 Å². The number of amides is 3. The Morgan fingerprint density at radius 2 is 1.80 bits per heavy atom. The highest BCUT2D eigenvalue weighted by Gasteiger charge is 2.77. The van der Waals surface area contributed by atoms with Crippen molar-refractivity contribution < 1.29 is 24.2 Å². The standard InChI is InChI=1S/C35H49N3O5S/c1-6-19-36(26-15-17-27(18-16-26)43-9-4)32(40)29-28-21-23(5)35(44-28)30(29)33(41)38(24(8-3)22-39)31(35)34(42)37(20-7-2)25-13-11-10-12-14-25/h6-7,15-18,23-25,28-31,39H,1-2,8-14,19-22H2,3-5H3/t23?,24-,28+,29-,30-,31?,35?/m0/s1. The minimum Gasteiger partial charge on any atom is -0.494 e. The summed E-state index contributed by atoms with van der Waals surface area (Å²) < 4.78 is 4.87. The second-order valence-electron chi connectivity index (χ2n) is 12.8. The minimum absolute atomic E-state index is 0.0536. The van der Waals surface area contributed by atoms with Gasteiger partial charge in [-0.15, -0.1) is 24.9 Å². The molecular weight excluding hydrogens is 574 g/mol. The molecule has 2 bridgehead atoms. The van der Waals surface area contributed by atoms with E-state index in [1.807, 2.05) is 43.0 Å². The third kappa shape index (κ3) is 5.38. The second kappa shape index (κ2) is 13.7. The fraction of sp³-hybridized carbons (Fsp3) is 0.629. The summed E-state index contributed by atoms with van der Waals surface area (Å²) in [4.78, 5) is 49.6. The number of hydrogen-bond acceptors (Lipinski definition) is 6. The summed E-state index contributed by atoms with van der Waals surface area (Å²) in [5, 5.41) is 10.4. The Balaban J connectivity index is 1.56. The van der Waals surface area contributed by atoms with Crippen LogP contribution in [0.25, 0.3) is 0 Å². The lowest BCUT2D eigenvalue weighted by Gasteiger charge is -2.44. The van der Waals surface area contributed by atoms with Crippen LogP contribution in [-0.2, 0) is 14.4 Å². The second-order valence-corrected chi connectivity index (χ2v) is 14.3. The molecule has 4 aliphatic rings. The van der Waals surface area contributed by atoms with Crippen molar-refractivity contribution in [3.63, 3.8) is 0 Å². The summed E-state index contributed by atoms with van der Waals surface area (Å²) in [6.45, 7) is 14.9. The van der Waals surface area contributed by atoms with Gasteiger partial charge in [-0.05, 0) is 62.8 Å². The predicted molar refractivity (Wildman–Crippen MR) is 176 cm³/mol. The van der Waals surface area contributed by atoms with Crippen LogP contribution in [0, 0.1) is 17.8 Å². The van der Waals surface area contributed by atoms with Crippen LogP contribution in [0.1, 0.15) is 65.7 Å². The van der Waals surface area contributed by atoms with Gasteiger partial charge >= 0.3 is 0 Å². The van der Waals surface area contributed by atoms with Gasteiger partial charge in [-0.3, -0.25) is 14.4 Å². The van der Waals surface area contributed by atoms with Crippen molar-refractivity contribution >= 4 is 35.2 Å². The van der Waals surface area contributed by atoms with Crippen molar-refractivity contribution in [1.29, 1.82) is 0 Å². The molecule has 3 amide bonds. The lowest BCUT2D eigenvalue weighted by atomic mass is 9.65. The van der Waals surface area contributed by atoms with Gasteiger partial charge in [-0.1, -0.05) is 45.3 Å². The van der Waals surface area contributed by atoms with Crippen molar-refractivity contribution in [2.24, 2.45) is 17.8 Å². The first-order valence-electron chi connectivity index (χ1n) is 16.5. The summed E-state index contributed by atoms with van der Waals surface area (Å²) in [6.07, 6.45) is 9.99. The molecule has 1 aliphatic carbocycles. The van der Waals surface area contributed by atoms with Gasteiger partial charge in [0.15, 0.2) is 0 Å². The third-order valence-electron chi connectivity index (χ3n) is 10.4. The van der Waals surface area contributed by atoms with Crippen LogP contribution in [0.2, 0.25) is 0 Å². The maximum atomic E-state index is 14.9. The van der Waals surface area contributed by atoms with Crippen LogP contribution in [0.5, 0.6) is 5.75 Å². The minimum atomic E-state index is -0.742. The van der Waals surface area contributed by atoms with E-state index in [-0.39, 0.29) is 41.5 Å². The molecule has 1 aromatic rings. The van der Waals surface area contributed by atoms with Crippen molar-refractivity contribution in [3.8, 4) is 5.75 Å². The van der Waals surface area contributed by atoms with E-state index in [4.69, 9.17) is 4.74 Å². The van der Waals surface area contributed by atoms with Crippen LogP contribution < -0.4 is 9.64 Å². The topological polar surface area (TPSA) is 90.4 Å². The molecule has 3 unspecified atom stereocenters. The van der Waals surface area contributed by atoms with Gasteiger partial charge < -0.3 is 24.5 Å². The average Bonchev–Trinajstić information content (AvgIpc) is 3.63. The van der Waals surface area contributed by atoms with Crippen LogP contribution >= 0.6 is 11.8 Å². The smallest absolute Gasteiger partial charge is 0.247 e.